The van der Waals surface area contributed by atoms with Crippen molar-refractivity contribution in [3.8, 4) is 0 Å². The summed E-state index contributed by atoms with van der Waals surface area (Å²) in [6.07, 6.45) is 0. The van der Waals surface area contributed by atoms with E-state index in [0.717, 1.165) is 12.1 Å². The zero-order valence-electron chi connectivity index (χ0n) is 8.17. The maximum absolute atomic E-state index is 11.7. The van der Waals surface area contributed by atoms with E-state index in [1.807, 2.05) is 0 Å². The number of fused-ring (bicyclic) bond motifs is 1. The number of halogens is 1. The standard InChI is InChI=1S/C8H6ClNO5S2/c9-17(14,15)5-1-2-6-7(3-5)16(12,13)4-8(11)10-6/h1-3H,4H2,(H,10,11). The maximum Gasteiger partial charge on any atom is 0.261 e. The summed E-state index contributed by atoms with van der Waals surface area (Å²) in [5.74, 6) is -1.36. The lowest BCUT2D eigenvalue weighted by Gasteiger charge is -2.17. The van der Waals surface area contributed by atoms with Crippen LogP contribution in [0.2, 0.25) is 0 Å². The van der Waals surface area contributed by atoms with E-state index in [4.69, 9.17) is 10.7 Å². The van der Waals surface area contributed by atoms with Crippen LogP contribution in [0.15, 0.2) is 28.0 Å². The van der Waals surface area contributed by atoms with Gasteiger partial charge in [-0.25, -0.2) is 16.8 Å². The molecule has 0 aliphatic carbocycles. The SMILES string of the molecule is O=C1CS(=O)(=O)c2cc(S(=O)(=O)Cl)ccc2N1. The molecule has 0 spiro atoms. The van der Waals surface area contributed by atoms with E-state index in [0.29, 0.717) is 0 Å². The number of carbonyl (C=O) groups is 1. The minimum Gasteiger partial charge on any atom is -0.324 e. The van der Waals surface area contributed by atoms with Crippen molar-refractivity contribution in [1.82, 2.24) is 0 Å². The van der Waals surface area contributed by atoms with Gasteiger partial charge in [0.25, 0.3) is 9.05 Å². The highest BCUT2D eigenvalue weighted by molar-refractivity contribution is 8.13. The molecule has 1 aromatic rings. The molecule has 0 saturated heterocycles. The zero-order chi connectivity index (χ0) is 12.8. The molecular formula is C8H6ClNO5S2. The number of anilines is 1. The van der Waals surface area contributed by atoms with Crippen molar-refractivity contribution in [3.05, 3.63) is 18.2 Å². The van der Waals surface area contributed by atoms with Crippen LogP contribution in [0.1, 0.15) is 0 Å². The highest BCUT2D eigenvalue weighted by atomic mass is 35.7. The Hall–Kier alpha value is -1.12. The van der Waals surface area contributed by atoms with Gasteiger partial charge in [0.2, 0.25) is 5.91 Å². The molecule has 0 fully saturated rings. The Kier molecular flexibility index (Phi) is 2.68. The molecule has 2 rings (SSSR count). The molecule has 1 aliphatic rings. The normalized spacial score (nSPS) is 18.3. The van der Waals surface area contributed by atoms with Crippen LogP contribution in [-0.2, 0) is 23.7 Å². The van der Waals surface area contributed by atoms with Gasteiger partial charge in [-0.3, -0.25) is 4.79 Å². The Morgan fingerprint density at radius 3 is 2.53 bits per heavy atom. The van der Waals surface area contributed by atoms with Gasteiger partial charge in [0.1, 0.15) is 5.75 Å². The molecule has 0 aromatic heterocycles. The summed E-state index contributed by atoms with van der Waals surface area (Å²) in [7, 11) is -2.70. The fraction of sp³-hybridized carbons (Fsp3) is 0.125. The summed E-state index contributed by atoms with van der Waals surface area (Å²) in [4.78, 5) is 10.5. The van der Waals surface area contributed by atoms with Crippen LogP contribution < -0.4 is 5.32 Å². The van der Waals surface area contributed by atoms with E-state index < -0.39 is 30.5 Å². The van der Waals surface area contributed by atoms with Gasteiger partial charge in [-0.05, 0) is 18.2 Å². The quantitative estimate of drug-likeness (QED) is 0.754. The smallest absolute Gasteiger partial charge is 0.261 e. The van der Waals surface area contributed by atoms with E-state index in [1.54, 1.807) is 0 Å². The largest absolute Gasteiger partial charge is 0.324 e. The molecule has 1 amide bonds. The van der Waals surface area contributed by atoms with E-state index in [9.17, 15) is 21.6 Å². The number of hydrogen-bond acceptors (Lipinski definition) is 5. The number of carbonyl (C=O) groups excluding carboxylic acids is 1. The van der Waals surface area contributed by atoms with Crippen molar-refractivity contribution in [1.29, 1.82) is 0 Å². The minimum atomic E-state index is -4.00. The van der Waals surface area contributed by atoms with Gasteiger partial charge in [0.15, 0.2) is 9.84 Å². The first-order chi connectivity index (χ1) is 7.70. The third-order valence-corrected chi connectivity index (χ3v) is 5.17. The topological polar surface area (TPSA) is 97.4 Å². The molecule has 1 N–H and O–H groups in total. The summed E-state index contributed by atoms with van der Waals surface area (Å²) in [6, 6.07) is 3.26. The predicted molar refractivity (Wildman–Crippen MR) is 60.2 cm³/mol. The number of hydrogen-bond donors (Lipinski definition) is 1. The monoisotopic (exact) mass is 295 g/mol. The van der Waals surface area contributed by atoms with Crippen LogP contribution in [0.25, 0.3) is 0 Å². The molecule has 17 heavy (non-hydrogen) atoms. The molecule has 9 heteroatoms. The van der Waals surface area contributed by atoms with Crippen molar-refractivity contribution >= 4 is 41.2 Å². The van der Waals surface area contributed by atoms with E-state index in [2.05, 4.69) is 5.32 Å². The average molecular weight is 296 g/mol. The van der Waals surface area contributed by atoms with Crippen LogP contribution in [0, 0.1) is 0 Å². The molecular weight excluding hydrogens is 290 g/mol. The number of nitrogens with one attached hydrogen (secondary N) is 1. The molecule has 6 nitrogen and oxygen atoms in total. The van der Waals surface area contributed by atoms with E-state index in [1.165, 1.54) is 6.07 Å². The summed E-state index contributed by atoms with van der Waals surface area (Å²) in [5.41, 5.74) is 0.0605. The summed E-state index contributed by atoms with van der Waals surface area (Å²) in [5, 5.41) is 2.34. The number of benzene rings is 1. The number of rotatable bonds is 1. The van der Waals surface area contributed by atoms with Crippen LogP contribution in [0.5, 0.6) is 0 Å². The van der Waals surface area contributed by atoms with Gasteiger partial charge < -0.3 is 5.32 Å². The Labute approximate surface area is 102 Å². The lowest BCUT2D eigenvalue weighted by Crippen LogP contribution is -2.29. The van der Waals surface area contributed by atoms with Crippen LogP contribution in [-0.4, -0.2) is 28.5 Å². The zero-order valence-corrected chi connectivity index (χ0v) is 10.6. The maximum atomic E-state index is 11.7. The second kappa shape index (κ2) is 3.69. The lowest BCUT2D eigenvalue weighted by molar-refractivity contribution is -0.114. The van der Waals surface area contributed by atoms with E-state index in [-0.39, 0.29) is 15.5 Å². The van der Waals surface area contributed by atoms with Gasteiger partial charge >= 0.3 is 0 Å². The molecule has 0 atom stereocenters. The number of amides is 1. The van der Waals surface area contributed by atoms with Gasteiger partial charge in [0, 0.05) is 10.7 Å². The fourth-order valence-corrected chi connectivity index (χ4v) is 3.64. The van der Waals surface area contributed by atoms with Gasteiger partial charge in [-0.15, -0.1) is 0 Å². The molecule has 92 valence electrons. The first-order valence-electron chi connectivity index (χ1n) is 4.31. The Bertz CT molecular complexity index is 707. The molecule has 1 heterocycles. The van der Waals surface area contributed by atoms with Crippen molar-refractivity contribution in [2.45, 2.75) is 9.79 Å². The van der Waals surface area contributed by atoms with Crippen LogP contribution >= 0.6 is 10.7 Å². The van der Waals surface area contributed by atoms with Crippen molar-refractivity contribution < 1.29 is 21.6 Å². The molecule has 1 aromatic carbocycles. The summed E-state index contributed by atoms with van der Waals surface area (Å²) >= 11 is 0. The Morgan fingerprint density at radius 2 is 1.94 bits per heavy atom. The molecule has 0 unspecified atom stereocenters. The first kappa shape index (κ1) is 12.3. The first-order valence-corrected chi connectivity index (χ1v) is 8.28. The lowest BCUT2D eigenvalue weighted by atomic mass is 10.3. The Balaban J connectivity index is 2.72. The highest BCUT2D eigenvalue weighted by Gasteiger charge is 2.30. The van der Waals surface area contributed by atoms with Crippen LogP contribution in [0.4, 0.5) is 5.69 Å². The van der Waals surface area contributed by atoms with Crippen molar-refractivity contribution in [3.63, 3.8) is 0 Å². The van der Waals surface area contributed by atoms with Gasteiger partial charge in [-0.1, -0.05) is 0 Å². The molecule has 0 saturated carbocycles. The average Bonchev–Trinajstić information content (AvgIpc) is 2.13. The Morgan fingerprint density at radius 1 is 1.29 bits per heavy atom. The summed E-state index contributed by atoms with van der Waals surface area (Å²) < 4.78 is 45.5. The summed E-state index contributed by atoms with van der Waals surface area (Å²) in [6.45, 7) is 0. The van der Waals surface area contributed by atoms with Crippen molar-refractivity contribution in [2.75, 3.05) is 11.1 Å². The molecule has 1 aliphatic heterocycles. The second-order valence-corrected chi connectivity index (χ2v) is 7.93. The predicted octanol–water partition coefficient (Wildman–Crippen LogP) is 0.340. The highest BCUT2D eigenvalue weighted by Crippen LogP contribution is 2.30. The second-order valence-electron chi connectivity index (χ2n) is 3.40. The number of sulfone groups is 1. The van der Waals surface area contributed by atoms with E-state index >= 15 is 0 Å². The van der Waals surface area contributed by atoms with Crippen molar-refractivity contribution in [2.24, 2.45) is 0 Å². The third-order valence-electron chi connectivity index (χ3n) is 2.16. The minimum absolute atomic E-state index is 0.0605. The van der Waals surface area contributed by atoms with Crippen LogP contribution in [0.3, 0.4) is 0 Å². The fourth-order valence-electron chi connectivity index (χ4n) is 1.45. The molecule has 0 bridgehead atoms. The van der Waals surface area contributed by atoms with Gasteiger partial charge in [-0.2, -0.15) is 0 Å². The molecule has 0 radical (unpaired) electrons. The van der Waals surface area contributed by atoms with Gasteiger partial charge in [0.05, 0.1) is 15.5 Å². The third kappa shape index (κ3) is 2.28.